The van der Waals surface area contributed by atoms with Crippen molar-refractivity contribution >= 4 is 5.65 Å². The summed E-state index contributed by atoms with van der Waals surface area (Å²) in [4.78, 5) is 4.78. The maximum absolute atomic E-state index is 6.16. The number of imidazole rings is 1. The maximum Gasteiger partial charge on any atom is 0.226 e. The van der Waals surface area contributed by atoms with Gasteiger partial charge in [0.2, 0.25) is 5.88 Å². The largest absolute Gasteiger partial charge is 0.493 e. The highest BCUT2D eigenvalue weighted by Gasteiger charge is 2.15. The Morgan fingerprint density at radius 2 is 1.52 bits per heavy atom. The molecule has 0 fully saturated rings. The van der Waals surface area contributed by atoms with Gasteiger partial charge in [0.15, 0.2) is 0 Å². The van der Waals surface area contributed by atoms with E-state index >= 15 is 0 Å². The van der Waals surface area contributed by atoms with Gasteiger partial charge in [0.05, 0.1) is 13.2 Å². The molecule has 0 N–H and O–H groups in total. The molecule has 136 valence electrons. The summed E-state index contributed by atoms with van der Waals surface area (Å²) in [7, 11) is 0. The van der Waals surface area contributed by atoms with Crippen molar-refractivity contribution in [1.29, 1.82) is 0 Å². The third kappa shape index (κ3) is 3.95. The van der Waals surface area contributed by atoms with Crippen molar-refractivity contribution in [2.45, 2.75) is 13.3 Å². The van der Waals surface area contributed by atoms with Crippen LogP contribution in [0.1, 0.15) is 12.0 Å². The van der Waals surface area contributed by atoms with Gasteiger partial charge in [-0.2, -0.15) is 0 Å². The zero-order chi connectivity index (χ0) is 18.5. The molecule has 0 spiro atoms. The van der Waals surface area contributed by atoms with Crippen LogP contribution in [-0.2, 0) is 0 Å². The molecule has 0 radical (unpaired) electrons. The van der Waals surface area contributed by atoms with Gasteiger partial charge in [-0.15, -0.1) is 0 Å². The SMILES string of the molecule is Cc1ccc2nc(-c3ccccc3)c(OCCCOc3ccccc3)n2c1. The second-order valence-electron chi connectivity index (χ2n) is 6.43. The first kappa shape index (κ1) is 17.2. The summed E-state index contributed by atoms with van der Waals surface area (Å²) in [5.74, 6) is 1.66. The fourth-order valence-corrected chi connectivity index (χ4v) is 2.99. The first-order valence-corrected chi connectivity index (χ1v) is 9.16. The number of nitrogens with zero attached hydrogens (tertiary/aromatic N) is 2. The summed E-state index contributed by atoms with van der Waals surface area (Å²) in [6.45, 7) is 3.24. The third-order valence-electron chi connectivity index (χ3n) is 4.31. The highest BCUT2D eigenvalue weighted by atomic mass is 16.5. The van der Waals surface area contributed by atoms with Gasteiger partial charge in [0.25, 0.3) is 0 Å². The van der Waals surface area contributed by atoms with Gasteiger partial charge >= 0.3 is 0 Å². The Balaban J connectivity index is 1.50. The van der Waals surface area contributed by atoms with E-state index in [1.807, 2.05) is 59.0 Å². The summed E-state index contributed by atoms with van der Waals surface area (Å²) in [6, 6.07) is 24.1. The number of ether oxygens (including phenoxy) is 2. The molecule has 0 saturated carbocycles. The molecule has 0 amide bonds. The zero-order valence-corrected chi connectivity index (χ0v) is 15.3. The minimum absolute atomic E-state index is 0.564. The van der Waals surface area contributed by atoms with Crippen LogP contribution in [0.15, 0.2) is 79.0 Å². The van der Waals surface area contributed by atoms with Crippen LogP contribution < -0.4 is 9.47 Å². The van der Waals surface area contributed by atoms with Gasteiger partial charge in [-0.25, -0.2) is 4.98 Å². The number of para-hydroxylation sites is 1. The predicted molar refractivity (Wildman–Crippen MR) is 107 cm³/mol. The average molecular weight is 358 g/mol. The fraction of sp³-hybridized carbons (Fsp3) is 0.174. The van der Waals surface area contributed by atoms with Crippen molar-refractivity contribution < 1.29 is 9.47 Å². The van der Waals surface area contributed by atoms with Gasteiger partial charge in [-0.1, -0.05) is 54.6 Å². The average Bonchev–Trinajstić information content (AvgIpc) is 3.07. The molecule has 0 aliphatic heterocycles. The highest BCUT2D eigenvalue weighted by Crippen LogP contribution is 2.31. The summed E-state index contributed by atoms with van der Waals surface area (Å²) < 4.78 is 13.9. The first-order chi connectivity index (χ1) is 13.3. The molecule has 2 aromatic carbocycles. The number of aryl methyl sites for hydroxylation is 1. The molecular formula is C23H22N2O2. The minimum Gasteiger partial charge on any atom is -0.493 e. The Morgan fingerprint density at radius 1 is 0.815 bits per heavy atom. The van der Waals surface area contributed by atoms with Crippen LogP contribution in [0.5, 0.6) is 11.6 Å². The van der Waals surface area contributed by atoms with E-state index in [0.717, 1.165) is 40.5 Å². The lowest BCUT2D eigenvalue weighted by Gasteiger charge is -2.10. The molecule has 4 rings (SSSR count). The van der Waals surface area contributed by atoms with Crippen molar-refractivity contribution in [3.63, 3.8) is 0 Å². The van der Waals surface area contributed by atoms with Crippen molar-refractivity contribution in [3.05, 3.63) is 84.6 Å². The van der Waals surface area contributed by atoms with E-state index in [1.54, 1.807) is 0 Å². The molecule has 4 nitrogen and oxygen atoms in total. The standard InChI is InChI=1S/C23H22N2O2/c1-18-13-14-21-24-22(19-9-4-2-5-10-19)23(25(21)17-18)27-16-8-15-26-20-11-6-3-7-12-20/h2-7,9-14,17H,8,15-16H2,1H3. The first-order valence-electron chi connectivity index (χ1n) is 9.16. The van der Waals surface area contributed by atoms with E-state index in [0.29, 0.717) is 13.2 Å². The van der Waals surface area contributed by atoms with Crippen molar-refractivity contribution in [2.24, 2.45) is 0 Å². The quantitative estimate of drug-likeness (QED) is 0.428. The number of pyridine rings is 1. The van der Waals surface area contributed by atoms with Crippen molar-refractivity contribution in [2.75, 3.05) is 13.2 Å². The molecule has 0 bridgehead atoms. The van der Waals surface area contributed by atoms with Gasteiger partial charge in [-0.05, 0) is 30.7 Å². The van der Waals surface area contributed by atoms with Crippen LogP contribution in [0.3, 0.4) is 0 Å². The molecule has 27 heavy (non-hydrogen) atoms. The van der Waals surface area contributed by atoms with Crippen molar-refractivity contribution in [3.8, 4) is 22.9 Å². The Bertz CT molecular complexity index is 1010. The third-order valence-corrected chi connectivity index (χ3v) is 4.31. The molecule has 0 atom stereocenters. The van der Waals surface area contributed by atoms with Crippen LogP contribution in [0, 0.1) is 6.92 Å². The Kier molecular flexibility index (Phi) is 5.06. The van der Waals surface area contributed by atoms with Gasteiger partial charge < -0.3 is 9.47 Å². The van der Waals surface area contributed by atoms with E-state index in [4.69, 9.17) is 14.5 Å². The molecule has 0 unspecified atom stereocenters. The second-order valence-corrected chi connectivity index (χ2v) is 6.43. The smallest absolute Gasteiger partial charge is 0.226 e. The van der Waals surface area contributed by atoms with Gasteiger partial charge in [-0.3, -0.25) is 4.40 Å². The van der Waals surface area contributed by atoms with Crippen LogP contribution in [0.2, 0.25) is 0 Å². The minimum atomic E-state index is 0.564. The molecule has 4 heteroatoms. The lowest BCUT2D eigenvalue weighted by atomic mass is 10.2. The molecule has 0 aliphatic carbocycles. The molecular weight excluding hydrogens is 336 g/mol. The highest BCUT2D eigenvalue weighted by molar-refractivity contribution is 5.69. The summed E-state index contributed by atoms with van der Waals surface area (Å²) in [6.07, 6.45) is 2.85. The topological polar surface area (TPSA) is 35.8 Å². The molecule has 2 heterocycles. The molecule has 0 aliphatic rings. The summed E-state index contributed by atoms with van der Waals surface area (Å²) in [5.41, 5.74) is 3.96. The van der Waals surface area contributed by atoms with Crippen LogP contribution in [0.4, 0.5) is 0 Å². The lowest BCUT2D eigenvalue weighted by molar-refractivity contribution is 0.242. The van der Waals surface area contributed by atoms with Crippen LogP contribution in [0.25, 0.3) is 16.9 Å². The number of fused-ring (bicyclic) bond motifs is 1. The monoisotopic (exact) mass is 358 g/mol. The zero-order valence-electron chi connectivity index (χ0n) is 15.3. The lowest BCUT2D eigenvalue weighted by Crippen LogP contribution is -2.06. The number of hydrogen-bond donors (Lipinski definition) is 0. The maximum atomic E-state index is 6.16. The molecule has 4 aromatic rings. The number of hydrogen-bond acceptors (Lipinski definition) is 3. The van der Waals surface area contributed by atoms with Crippen molar-refractivity contribution in [1.82, 2.24) is 9.38 Å². The van der Waals surface area contributed by atoms with Crippen LogP contribution >= 0.6 is 0 Å². The summed E-state index contributed by atoms with van der Waals surface area (Å²) >= 11 is 0. The fourth-order valence-electron chi connectivity index (χ4n) is 2.99. The molecule has 2 aromatic heterocycles. The van der Waals surface area contributed by atoms with Gasteiger partial charge in [0.1, 0.15) is 17.1 Å². The number of aromatic nitrogens is 2. The Morgan fingerprint density at radius 3 is 2.30 bits per heavy atom. The van der Waals surface area contributed by atoms with E-state index in [-0.39, 0.29) is 0 Å². The normalized spacial score (nSPS) is 10.9. The number of rotatable bonds is 7. The van der Waals surface area contributed by atoms with E-state index in [9.17, 15) is 0 Å². The molecule has 0 saturated heterocycles. The Hall–Kier alpha value is -3.27. The van der Waals surface area contributed by atoms with Gasteiger partial charge in [0, 0.05) is 18.2 Å². The summed E-state index contributed by atoms with van der Waals surface area (Å²) in [5, 5.41) is 0. The second kappa shape index (κ2) is 7.96. The predicted octanol–water partition coefficient (Wildman–Crippen LogP) is 5.16. The van der Waals surface area contributed by atoms with E-state index < -0.39 is 0 Å². The van der Waals surface area contributed by atoms with E-state index in [2.05, 4.69) is 31.3 Å². The Labute approximate surface area is 159 Å². The van der Waals surface area contributed by atoms with Crippen LogP contribution in [-0.4, -0.2) is 22.6 Å². The van der Waals surface area contributed by atoms with E-state index in [1.165, 1.54) is 0 Å². The number of benzene rings is 2.